The van der Waals surface area contributed by atoms with Crippen molar-refractivity contribution in [3.05, 3.63) is 53.3 Å². The van der Waals surface area contributed by atoms with Gasteiger partial charge in [-0.1, -0.05) is 46.8 Å². The van der Waals surface area contributed by atoms with Crippen molar-refractivity contribution in [3.8, 4) is 0 Å². The molecule has 2 amide bonds. The number of halogens is 2. The topological polar surface area (TPSA) is 74.7 Å². The molecule has 1 atom stereocenters. The molecule has 2 aromatic carbocycles. The Balaban J connectivity index is 1.48. The second-order valence-electron chi connectivity index (χ2n) is 6.43. The van der Waals surface area contributed by atoms with Crippen molar-refractivity contribution < 1.29 is 14.0 Å². The lowest BCUT2D eigenvalue weighted by atomic mass is 10.2. The van der Waals surface area contributed by atoms with E-state index in [-0.39, 0.29) is 23.3 Å². The Kier molecular flexibility index (Phi) is 6.03. The van der Waals surface area contributed by atoms with E-state index < -0.39 is 11.1 Å². The summed E-state index contributed by atoms with van der Waals surface area (Å²) >= 11 is 8.43. The number of hydrogen-bond acceptors (Lipinski definition) is 6. The van der Waals surface area contributed by atoms with E-state index in [1.54, 1.807) is 4.90 Å². The number of carbonyl (C=O) groups excluding carboxylic acids is 2. The molecule has 0 spiro atoms. The van der Waals surface area contributed by atoms with Crippen LogP contribution in [-0.4, -0.2) is 38.7 Å². The molecule has 0 radical (unpaired) electrons. The van der Waals surface area contributed by atoms with Crippen molar-refractivity contribution in [1.29, 1.82) is 0 Å². The van der Waals surface area contributed by atoms with Gasteiger partial charge in [0.2, 0.25) is 16.9 Å². The lowest BCUT2D eigenvalue weighted by Gasteiger charge is -2.13. The molecule has 2 heterocycles. The molecule has 0 aliphatic carbocycles. The van der Waals surface area contributed by atoms with Gasteiger partial charge in [-0.2, -0.15) is 4.99 Å². The smallest absolute Gasteiger partial charge is 0.242 e. The second-order valence-corrected chi connectivity index (χ2v) is 9.01. The van der Waals surface area contributed by atoms with E-state index in [9.17, 15) is 14.0 Å². The van der Waals surface area contributed by atoms with Gasteiger partial charge in [0, 0.05) is 18.7 Å². The van der Waals surface area contributed by atoms with Crippen LogP contribution in [0.3, 0.4) is 0 Å². The maximum Gasteiger partial charge on any atom is 0.242 e. The Hall–Kier alpha value is -2.49. The minimum atomic E-state index is -0.589. The Morgan fingerprint density at radius 3 is 2.87 bits per heavy atom. The van der Waals surface area contributed by atoms with E-state index in [0.29, 0.717) is 22.5 Å². The first-order valence-electron chi connectivity index (χ1n) is 9.12. The molecule has 3 aromatic rings. The molecule has 1 aliphatic rings. The third-order valence-electron chi connectivity index (χ3n) is 4.38. The number of para-hydroxylation sites is 1. The Morgan fingerprint density at radius 2 is 2.13 bits per heavy atom. The minimum absolute atomic E-state index is 0.0339. The third kappa shape index (κ3) is 4.33. The Morgan fingerprint density at radius 1 is 1.33 bits per heavy atom. The molecule has 1 aromatic heterocycles. The largest absolute Gasteiger partial charge is 0.326 e. The van der Waals surface area contributed by atoms with Gasteiger partial charge in [-0.15, -0.1) is 0 Å². The summed E-state index contributed by atoms with van der Waals surface area (Å²) in [6, 6.07) is 11.7. The summed E-state index contributed by atoms with van der Waals surface area (Å²) in [6.45, 7) is 2.30. The van der Waals surface area contributed by atoms with Gasteiger partial charge in [0.15, 0.2) is 5.17 Å². The molecule has 6 nitrogen and oxygen atoms in total. The van der Waals surface area contributed by atoms with Crippen LogP contribution in [-0.2, 0) is 9.59 Å². The number of thioether (sulfide) groups is 1. The molecule has 1 aliphatic heterocycles. The van der Waals surface area contributed by atoms with Crippen LogP contribution in [0.4, 0.5) is 15.2 Å². The zero-order valence-electron chi connectivity index (χ0n) is 15.8. The zero-order valence-corrected chi connectivity index (χ0v) is 18.2. The van der Waals surface area contributed by atoms with Gasteiger partial charge in [-0.3, -0.25) is 14.5 Å². The average Bonchev–Trinajstić information content (AvgIpc) is 3.25. The van der Waals surface area contributed by atoms with Gasteiger partial charge >= 0.3 is 0 Å². The number of amides is 2. The third-order valence-corrected chi connectivity index (χ3v) is 6.78. The fourth-order valence-electron chi connectivity index (χ4n) is 2.96. The van der Waals surface area contributed by atoms with Crippen molar-refractivity contribution in [1.82, 2.24) is 9.88 Å². The first-order chi connectivity index (χ1) is 14.4. The minimum Gasteiger partial charge on any atom is -0.326 e. The number of hydrogen-bond donors (Lipinski definition) is 1. The molecular weight excluding hydrogens is 447 g/mol. The summed E-state index contributed by atoms with van der Waals surface area (Å²) in [5.41, 5.74) is 1.23. The first-order valence-corrected chi connectivity index (χ1v) is 11.2. The summed E-state index contributed by atoms with van der Waals surface area (Å²) in [7, 11) is 0. The van der Waals surface area contributed by atoms with Crippen LogP contribution >= 0.6 is 34.7 Å². The Bertz CT molecular complexity index is 1130. The number of carbonyl (C=O) groups is 2. The van der Waals surface area contributed by atoms with Crippen molar-refractivity contribution in [2.75, 3.05) is 11.9 Å². The predicted molar refractivity (Wildman–Crippen MR) is 120 cm³/mol. The van der Waals surface area contributed by atoms with Crippen LogP contribution in [0.5, 0.6) is 0 Å². The summed E-state index contributed by atoms with van der Waals surface area (Å²) in [5.74, 6) is -1.10. The van der Waals surface area contributed by atoms with E-state index in [2.05, 4.69) is 15.3 Å². The number of aromatic nitrogens is 1. The van der Waals surface area contributed by atoms with Gasteiger partial charge in [-0.25, -0.2) is 9.37 Å². The molecule has 154 valence electrons. The molecule has 1 N–H and O–H groups in total. The predicted octanol–water partition coefficient (Wildman–Crippen LogP) is 5.07. The number of nitrogens with zero attached hydrogens (tertiary/aromatic N) is 3. The SMILES string of the molecule is CCN1C(=O)C(CC(=O)Nc2ccc(F)c(Cl)c2)SC1=Nc1nc2ccccc2s1. The normalized spacial score (nSPS) is 17.8. The van der Waals surface area contributed by atoms with Crippen molar-refractivity contribution >= 4 is 72.7 Å². The van der Waals surface area contributed by atoms with Gasteiger partial charge < -0.3 is 5.32 Å². The first kappa shape index (κ1) is 20.8. The van der Waals surface area contributed by atoms with Crippen LogP contribution in [0.25, 0.3) is 10.2 Å². The summed E-state index contributed by atoms with van der Waals surface area (Å²) < 4.78 is 14.3. The number of amidine groups is 1. The Labute approximate surface area is 185 Å². The highest BCUT2D eigenvalue weighted by molar-refractivity contribution is 8.15. The highest BCUT2D eigenvalue weighted by Gasteiger charge is 2.38. The van der Waals surface area contributed by atoms with Gasteiger partial charge in [0.25, 0.3) is 0 Å². The van der Waals surface area contributed by atoms with Crippen molar-refractivity contribution in [3.63, 3.8) is 0 Å². The molecule has 0 bridgehead atoms. The highest BCUT2D eigenvalue weighted by Crippen LogP contribution is 2.34. The number of anilines is 1. The van der Waals surface area contributed by atoms with E-state index in [1.807, 2.05) is 31.2 Å². The number of benzene rings is 2. The fraction of sp³-hybridized carbons (Fsp3) is 0.200. The van der Waals surface area contributed by atoms with Crippen LogP contribution in [0, 0.1) is 5.82 Å². The maximum absolute atomic E-state index is 13.3. The number of nitrogens with one attached hydrogen (secondary N) is 1. The zero-order chi connectivity index (χ0) is 21.3. The average molecular weight is 463 g/mol. The molecule has 4 rings (SSSR count). The van der Waals surface area contributed by atoms with Crippen molar-refractivity contribution in [2.45, 2.75) is 18.6 Å². The van der Waals surface area contributed by atoms with E-state index in [1.165, 1.54) is 41.3 Å². The fourth-order valence-corrected chi connectivity index (χ4v) is 5.24. The second kappa shape index (κ2) is 8.71. The molecule has 1 unspecified atom stereocenters. The molecule has 30 heavy (non-hydrogen) atoms. The summed E-state index contributed by atoms with van der Waals surface area (Å²) in [4.78, 5) is 35.8. The summed E-state index contributed by atoms with van der Waals surface area (Å²) in [5, 5.41) is 3.07. The van der Waals surface area contributed by atoms with Crippen LogP contribution in [0.1, 0.15) is 13.3 Å². The van der Waals surface area contributed by atoms with E-state index >= 15 is 0 Å². The molecule has 1 saturated heterocycles. The van der Waals surface area contributed by atoms with Crippen LogP contribution < -0.4 is 5.32 Å². The monoisotopic (exact) mass is 462 g/mol. The van der Waals surface area contributed by atoms with Gasteiger partial charge in [0.05, 0.1) is 15.2 Å². The number of rotatable bonds is 5. The lowest BCUT2D eigenvalue weighted by Crippen LogP contribution is -2.33. The van der Waals surface area contributed by atoms with Gasteiger partial charge in [-0.05, 0) is 37.3 Å². The van der Waals surface area contributed by atoms with Crippen LogP contribution in [0.15, 0.2) is 47.5 Å². The quantitative estimate of drug-likeness (QED) is 0.574. The number of aliphatic imine (C=N–C) groups is 1. The highest BCUT2D eigenvalue weighted by atomic mass is 35.5. The summed E-state index contributed by atoms with van der Waals surface area (Å²) in [6.07, 6.45) is -0.0339. The number of thiazole rings is 1. The molecular formula is C20H16ClFN4O2S2. The van der Waals surface area contributed by atoms with Gasteiger partial charge in [0.1, 0.15) is 11.1 Å². The molecule has 10 heteroatoms. The van der Waals surface area contributed by atoms with E-state index in [4.69, 9.17) is 11.6 Å². The maximum atomic E-state index is 13.3. The lowest BCUT2D eigenvalue weighted by molar-refractivity contribution is -0.128. The molecule has 1 fully saturated rings. The van der Waals surface area contributed by atoms with E-state index in [0.717, 1.165) is 10.2 Å². The molecule has 0 saturated carbocycles. The number of fused-ring (bicyclic) bond motifs is 1. The van der Waals surface area contributed by atoms with Crippen molar-refractivity contribution in [2.24, 2.45) is 4.99 Å². The van der Waals surface area contributed by atoms with Crippen LogP contribution in [0.2, 0.25) is 5.02 Å². The standard InChI is InChI=1S/C20H16ClFN4O2S2/c1-2-26-18(28)16(10-17(27)23-11-7-8-13(22)12(21)9-11)30-20(26)25-19-24-14-5-3-4-6-15(14)29-19/h3-9,16H,2,10H2,1H3,(H,23,27).